The van der Waals surface area contributed by atoms with Crippen LogP contribution in [0.5, 0.6) is 0 Å². The molecule has 1 aliphatic heterocycles. The Morgan fingerprint density at radius 2 is 1.82 bits per heavy atom. The second kappa shape index (κ2) is 5.63. The number of amides is 2. The molecule has 6 heteroatoms. The second-order valence-corrected chi connectivity index (χ2v) is 3.95. The van der Waals surface area contributed by atoms with Gasteiger partial charge in [0.15, 0.2) is 0 Å². The molecule has 4 nitrogen and oxygen atoms in total. The van der Waals surface area contributed by atoms with Crippen molar-refractivity contribution in [2.45, 2.75) is 19.8 Å². The Morgan fingerprint density at radius 1 is 1.29 bits per heavy atom. The largest absolute Gasteiger partial charge is 0.398 e. The summed E-state index contributed by atoms with van der Waals surface area (Å²) >= 11 is 5.46. The van der Waals surface area contributed by atoms with Gasteiger partial charge in [-0.05, 0) is 19.1 Å². The molecule has 2 amide bonds. The van der Waals surface area contributed by atoms with Crippen molar-refractivity contribution >= 4 is 29.1 Å². The third-order valence-electron chi connectivity index (χ3n) is 2.24. The maximum Gasteiger partial charge on any atom is 0.227 e. The minimum Gasteiger partial charge on any atom is -0.398 e. The first-order valence-corrected chi connectivity index (χ1v) is 5.32. The monoisotopic (exact) mass is 258 g/mol. The van der Waals surface area contributed by atoms with Gasteiger partial charge in [0.2, 0.25) is 11.8 Å². The van der Waals surface area contributed by atoms with Crippen molar-refractivity contribution in [2.75, 3.05) is 5.73 Å². The van der Waals surface area contributed by atoms with Gasteiger partial charge in [-0.15, -0.1) is 0 Å². The van der Waals surface area contributed by atoms with Crippen LogP contribution in [0.4, 0.5) is 10.1 Å². The van der Waals surface area contributed by atoms with Gasteiger partial charge in [0.1, 0.15) is 5.82 Å². The van der Waals surface area contributed by atoms with Crippen LogP contribution in [0.15, 0.2) is 12.1 Å². The second-order valence-electron chi connectivity index (χ2n) is 3.55. The molecule has 1 saturated heterocycles. The van der Waals surface area contributed by atoms with Gasteiger partial charge in [-0.3, -0.25) is 14.9 Å². The third kappa shape index (κ3) is 3.71. The number of carbonyl (C=O) groups is 2. The highest BCUT2D eigenvalue weighted by molar-refractivity contribution is 6.30. The van der Waals surface area contributed by atoms with Crippen LogP contribution in [0, 0.1) is 12.7 Å². The first-order valence-electron chi connectivity index (χ1n) is 4.94. The SMILES string of the molecule is Cc1c(N)ccc(Cl)c1F.O=C1CCC(=O)N1. The predicted octanol–water partition coefficient (Wildman–Crippen LogP) is 1.79. The Bertz CT molecular complexity index is 422. The van der Waals surface area contributed by atoms with Crippen LogP contribution in [0.25, 0.3) is 0 Å². The third-order valence-corrected chi connectivity index (χ3v) is 2.53. The van der Waals surface area contributed by atoms with Crippen LogP contribution in [0.2, 0.25) is 5.02 Å². The number of imide groups is 1. The minimum atomic E-state index is -0.429. The quantitative estimate of drug-likeness (QED) is 0.550. The zero-order valence-electron chi connectivity index (χ0n) is 9.22. The van der Waals surface area contributed by atoms with Gasteiger partial charge in [0.05, 0.1) is 5.02 Å². The normalized spacial score (nSPS) is 14.1. The summed E-state index contributed by atoms with van der Waals surface area (Å²) in [4.78, 5) is 20.2. The van der Waals surface area contributed by atoms with E-state index in [2.05, 4.69) is 5.32 Å². The first kappa shape index (κ1) is 13.4. The number of benzene rings is 1. The summed E-state index contributed by atoms with van der Waals surface area (Å²) in [6.07, 6.45) is 0.748. The molecule has 2 rings (SSSR count). The summed E-state index contributed by atoms with van der Waals surface area (Å²) < 4.78 is 12.8. The van der Waals surface area contributed by atoms with Gasteiger partial charge in [0, 0.05) is 24.1 Å². The van der Waals surface area contributed by atoms with E-state index in [0.717, 1.165) is 0 Å². The standard InChI is InChI=1S/C7H7ClFN.C4H5NO2/c1-4-6(10)3-2-5(8)7(4)9;6-3-1-2-4(7)5-3/h2-3H,10H2,1H3;1-2H2,(H,5,6,7). The summed E-state index contributed by atoms with van der Waals surface area (Å²) in [5.74, 6) is -0.725. The zero-order chi connectivity index (χ0) is 13.0. The van der Waals surface area contributed by atoms with E-state index >= 15 is 0 Å². The van der Waals surface area contributed by atoms with Crippen LogP contribution < -0.4 is 11.1 Å². The highest BCUT2D eigenvalue weighted by Gasteiger charge is 2.15. The number of carbonyl (C=O) groups excluding carboxylic acids is 2. The van der Waals surface area contributed by atoms with E-state index in [9.17, 15) is 14.0 Å². The summed E-state index contributed by atoms with van der Waals surface area (Å²) in [6, 6.07) is 3.03. The molecule has 92 valence electrons. The topological polar surface area (TPSA) is 72.2 Å². The molecule has 0 unspecified atom stereocenters. The van der Waals surface area contributed by atoms with Gasteiger partial charge in [-0.2, -0.15) is 0 Å². The predicted molar refractivity (Wildman–Crippen MR) is 62.9 cm³/mol. The van der Waals surface area contributed by atoms with Gasteiger partial charge < -0.3 is 5.73 Å². The molecule has 1 fully saturated rings. The van der Waals surface area contributed by atoms with Gasteiger partial charge in [-0.25, -0.2) is 4.39 Å². The Hall–Kier alpha value is -1.62. The molecule has 0 aliphatic carbocycles. The Balaban J connectivity index is 0.000000181. The van der Waals surface area contributed by atoms with Crippen LogP contribution >= 0.6 is 11.6 Å². The van der Waals surface area contributed by atoms with Crippen LogP contribution in [0.3, 0.4) is 0 Å². The van der Waals surface area contributed by atoms with Crippen molar-refractivity contribution in [1.82, 2.24) is 5.32 Å². The zero-order valence-corrected chi connectivity index (χ0v) is 9.97. The lowest BCUT2D eigenvalue weighted by molar-refractivity contribution is -0.124. The molecule has 0 spiro atoms. The Morgan fingerprint density at radius 3 is 2.18 bits per heavy atom. The number of rotatable bonds is 0. The van der Waals surface area contributed by atoms with Crippen LogP contribution in [0.1, 0.15) is 18.4 Å². The summed E-state index contributed by atoms with van der Waals surface area (Å²) in [6.45, 7) is 1.59. The average molecular weight is 259 g/mol. The summed E-state index contributed by atoms with van der Waals surface area (Å²) in [7, 11) is 0. The highest BCUT2D eigenvalue weighted by atomic mass is 35.5. The molecule has 1 aromatic rings. The number of hydrogen-bond donors (Lipinski definition) is 2. The molecule has 0 atom stereocenters. The molecule has 1 heterocycles. The average Bonchev–Trinajstić information content (AvgIpc) is 2.66. The molecular formula is C11H12ClFN2O2. The molecule has 0 aromatic heterocycles. The molecule has 0 bridgehead atoms. The molecular weight excluding hydrogens is 247 g/mol. The Labute approximate surface area is 103 Å². The molecule has 0 radical (unpaired) electrons. The van der Waals surface area contributed by atoms with Crippen molar-refractivity contribution in [1.29, 1.82) is 0 Å². The molecule has 0 saturated carbocycles. The number of hydrogen-bond acceptors (Lipinski definition) is 3. The van der Waals surface area contributed by atoms with E-state index < -0.39 is 5.82 Å². The van der Waals surface area contributed by atoms with Crippen molar-refractivity contribution in [2.24, 2.45) is 0 Å². The maximum absolute atomic E-state index is 12.8. The van der Waals surface area contributed by atoms with E-state index in [1.807, 2.05) is 0 Å². The van der Waals surface area contributed by atoms with E-state index in [1.165, 1.54) is 6.07 Å². The van der Waals surface area contributed by atoms with Gasteiger partial charge >= 0.3 is 0 Å². The van der Waals surface area contributed by atoms with Crippen molar-refractivity contribution in [3.63, 3.8) is 0 Å². The van der Waals surface area contributed by atoms with E-state index in [0.29, 0.717) is 24.1 Å². The fourth-order valence-electron chi connectivity index (χ4n) is 1.17. The van der Waals surface area contributed by atoms with Crippen molar-refractivity contribution in [3.05, 3.63) is 28.5 Å². The fourth-order valence-corrected chi connectivity index (χ4v) is 1.38. The van der Waals surface area contributed by atoms with Crippen molar-refractivity contribution in [3.8, 4) is 0 Å². The lowest BCUT2D eigenvalue weighted by Crippen LogP contribution is -2.18. The van der Waals surface area contributed by atoms with Crippen molar-refractivity contribution < 1.29 is 14.0 Å². The first-order chi connectivity index (χ1) is 7.91. The van der Waals surface area contributed by atoms with E-state index in [-0.39, 0.29) is 16.8 Å². The fraction of sp³-hybridized carbons (Fsp3) is 0.273. The van der Waals surface area contributed by atoms with E-state index in [1.54, 1.807) is 13.0 Å². The molecule has 3 N–H and O–H groups in total. The van der Waals surface area contributed by atoms with Crippen LogP contribution in [-0.4, -0.2) is 11.8 Å². The minimum absolute atomic E-state index is 0.117. The lowest BCUT2D eigenvalue weighted by Gasteiger charge is -2.01. The van der Waals surface area contributed by atoms with E-state index in [4.69, 9.17) is 17.3 Å². The lowest BCUT2D eigenvalue weighted by atomic mass is 10.2. The molecule has 17 heavy (non-hydrogen) atoms. The maximum atomic E-state index is 12.8. The van der Waals surface area contributed by atoms with Gasteiger partial charge in [-0.1, -0.05) is 11.6 Å². The number of nitrogen functional groups attached to an aromatic ring is 1. The number of nitrogens with two attached hydrogens (primary N) is 1. The van der Waals surface area contributed by atoms with Gasteiger partial charge in [0.25, 0.3) is 0 Å². The molecule has 1 aliphatic rings. The van der Waals surface area contributed by atoms with Crippen LogP contribution in [-0.2, 0) is 9.59 Å². The summed E-state index contributed by atoms with van der Waals surface area (Å²) in [5, 5.41) is 2.26. The number of nitrogens with one attached hydrogen (secondary N) is 1. The Kier molecular flexibility index (Phi) is 4.45. The number of anilines is 1. The molecule has 1 aromatic carbocycles. The summed E-state index contributed by atoms with van der Waals surface area (Å²) in [5.41, 5.74) is 6.23. The highest BCUT2D eigenvalue weighted by Crippen LogP contribution is 2.21. The number of halogens is 2. The smallest absolute Gasteiger partial charge is 0.227 e.